The molecule has 0 aliphatic heterocycles. The Hall–Kier alpha value is -2.80. The second-order valence-electron chi connectivity index (χ2n) is 5.23. The molecule has 0 bridgehead atoms. The lowest BCUT2D eigenvalue weighted by atomic mass is 10.3. The van der Waals surface area contributed by atoms with E-state index in [1.807, 2.05) is 24.3 Å². The molecule has 0 radical (unpaired) electrons. The third kappa shape index (κ3) is 3.88. The van der Waals surface area contributed by atoms with E-state index in [2.05, 4.69) is 5.10 Å². The van der Waals surface area contributed by atoms with E-state index < -0.39 is 11.8 Å². The molecule has 0 aliphatic carbocycles. The highest BCUT2D eigenvalue weighted by Gasteiger charge is 2.19. The van der Waals surface area contributed by atoms with Crippen LogP contribution in [0.25, 0.3) is 5.69 Å². The van der Waals surface area contributed by atoms with E-state index in [-0.39, 0.29) is 18.0 Å². The van der Waals surface area contributed by atoms with Gasteiger partial charge in [-0.05, 0) is 37.3 Å². The normalized spacial score (nSPS) is 10.6. The molecule has 1 heterocycles. The SMILES string of the molecule is CCOC(=O)c1cc(Sc2cccc(OC)c2)n(-c2ccccc2F)n1. The number of benzene rings is 2. The number of carbonyl (C=O) groups is 1. The van der Waals surface area contributed by atoms with Gasteiger partial charge in [0.1, 0.15) is 22.3 Å². The van der Waals surface area contributed by atoms with E-state index >= 15 is 0 Å². The highest BCUT2D eigenvalue weighted by atomic mass is 32.2. The molecular weight excluding hydrogens is 355 g/mol. The predicted octanol–water partition coefficient (Wildman–Crippen LogP) is 4.35. The first kappa shape index (κ1) is 18.0. The third-order valence-electron chi connectivity index (χ3n) is 3.51. The fraction of sp³-hybridized carbons (Fsp3) is 0.158. The van der Waals surface area contributed by atoms with Gasteiger partial charge in [-0.25, -0.2) is 13.9 Å². The lowest BCUT2D eigenvalue weighted by Gasteiger charge is -2.08. The molecule has 3 aromatic rings. The Morgan fingerprint density at radius 3 is 2.73 bits per heavy atom. The molecule has 0 N–H and O–H groups in total. The lowest BCUT2D eigenvalue weighted by Crippen LogP contribution is -2.07. The zero-order valence-electron chi connectivity index (χ0n) is 14.3. The summed E-state index contributed by atoms with van der Waals surface area (Å²) < 4.78 is 25.9. The van der Waals surface area contributed by atoms with Crippen LogP contribution in [0.15, 0.2) is 64.5 Å². The minimum atomic E-state index is -0.546. The predicted molar refractivity (Wildman–Crippen MR) is 96.6 cm³/mol. The lowest BCUT2D eigenvalue weighted by molar-refractivity contribution is 0.0519. The number of hydrogen-bond acceptors (Lipinski definition) is 5. The second-order valence-corrected chi connectivity index (χ2v) is 6.33. The van der Waals surface area contributed by atoms with Crippen LogP contribution in [0.3, 0.4) is 0 Å². The van der Waals surface area contributed by atoms with E-state index in [4.69, 9.17) is 9.47 Å². The first-order valence-electron chi connectivity index (χ1n) is 7.96. The molecule has 0 fully saturated rings. The van der Waals surface area contributed by atoms with Crippen molar-refractivity contribution in [2.45, 2.75) is 16.8 Å². The minimum Gasteiger partial charge on any atom is -0.497 e. The van der Waals surface area contributed by atoms with Gasteiger partial charge in [0.2, 0.25) is 0 Å². The Bertz CT molecular complexity index is 927. The van der Waals surface area contributed by atoms with Gasteiger partial charge in [-0.3, -0.25) is 0 Å². The van der Waals surface area contributed by atoms with Gasteiger partial charge in [0, 0.05) is 11.0 Å². The Labute approximate surface area is 154 Å². The number of aromatic nitrogens is 2. The summed E-state index contributed by atoms with van der Waals surface area (Å²) in [6, 6.07) is 15.3. The van der Waals surface area contributed by atoms with Gasteiger partial charge in [-0.2, -0.15) is 5.10 Å². The number of esters is 1. The van der Waals surface area contributed by atoms with Crippen LogP contribution in [0.1, 0.15) is 17.4 Å². The molecule has 0 saturated heterocycles. The number of methoxy groups -OCH3 is 1. The van der Waals surface area contributed by atoms with Crippen LogP contribution >= 0.6 is 11.8 Å². The molecule has 0 atom stereocenters. The van der Waals surface area contributed by atoms with Gasteiger partial charge in [0.15, 0.2) is 5.69 Å². The summed E-state index contributed by atoms with van der Waals surface area (Å²) in [5.74, 6) is -0.272. The first-order valence-corrected chi connectivity index (χ1v) is 8.78. The molecule has 7 heteroatoms. The average Bonchev–Trinajstić information content (AvgIpc) is 3.06. The molecule has 0 saturated carbocycles. The van der Waals surface area contributed by atoms with Crippen molar-refractivity contribution in [1.29, 1.82) is 0 Å². The largest absolute Gasteiger partial charge is 0.497 e. The minimum absolute atomic E-state index is 0.125. The molecular formula is C19H17FN2O3S. The van der Waals surface area contributed by atoms with E-state index in [0.29, 0.717) is 10.8 Å². The Balaban J connectivity index is 2.04. The number of nitrogens with zero attached hydrogens (tertiary/aromatic N) is 2. The van der Waals surface area contributed by atoms with E-state index in [1.54, 1.807) is 38.3 Å². The summed E-state index contributed by atoms with van der Waals surface area (Å²) in [4.78, 5) is 12.9. The smallest absolute Gasteiger partial charge is 0.358 e. The van der Waals surface area contributed by atoms with Crippen LogP contribution in [-0.4, -0.2) is 29.5 Å². The van der Waals surface area contributed by atoms with Gasteiger partial charge in [-0.15, -0.1) is 0 Å². The van der Waals surface area contributed by atoms with Crippen LogP contribution < -0.4 is 4.74 Å². The van der Waals surface area contributed by atoms with E-state index in [0.717, 1.165) is 4.90 Å². The van der Waals surface area contributed by atoms with Crippen molar-refractivity contribution >= 4 is 17.7 Å². The Morgan fingerprint density at radius 2 is 2.00 bits per heavy atom. The maximum atomic E-state index is 14.3. The van der Waals surface area contributed by atoms with Crippen LogP contribution in [0.4, 0.5) is 4.39 Å². The summed E-state index contributed by atoms with van der Waals surface area (Å²) >= 11 is 1.35. The highest BCUT2D eigenvalue weighted by Crippen LogP contribution is 2.32. The van der Waals surface area contributed by atoms with E-state index in [9.17, 15) is 9.18 Å². The molecule has 5 nitrogen and oxygen atoms in total. The van der Waals surface area contributed by atoms with Crippen molar-refractivity contribution in [1.82, 2.24) is 9.78 Å². The second kappa shape index (κ2) is 8.05. The molecule has 0 spiro atoms. The van der Waals surface area contributed by atoms with Crippen molar-refractivity contribution < 1.29 is 18.7 Å². The van der Waals surface area contributed by atoms with Crippen molar-refractivity contribution in [2.75, 3.05) is 13.7 Å². The number of rotatable bonds is 6. The summed E-state index contributed by atoms with van der Waals surface area (Å²) in [6.45, 7) is 1.96. The number of carbonyl (C=O) groups excluding carboxylic acids is 1. The molecule has 26 heavy (non-hydrogen) atoms. The topological polar surface area (TPSA) is 53.4 Å². The summed E-state index contributed by atoms with van der Waals surface area (Å²) in [5, 5.41) is 4.84. The zero-order valence-corrected chi connectivity index (χ0v) is 15.1. The van der Waals surface area contributed by atoms with Gasteiger partial charge < -0.3 is 9.47 Å². The van der Waals surface area contributed by atoms with Gasteiger partial charge in [0.05, 0.1) is 13.7 Å². The maximum absolute atomic E-state index is 14.3. The van der Waals surface area contributed by atoms with Gasteiger partial charge in [0.25, 0.3) is 0 Å². The maximum Gasteiger partial charge on any atom is 0.358 e. The number of hydrogen-bond donors (Lipinski definition) is 0. The first-order chi connectivity index (χ1) is 12.6. The van der Waals surface area contributed by atoms with Gasteiger partial charge in [-0.1, -0.05) is 30.0 Å². The fourth-order valence-corrected chi connectivity index (χ4v) is 3.28. The fourth-order valence-electron chi connectivity index (χ4n) is 2.32. The molecule has 0 amide bonds. The number of halogens is 1. The monoisotopic (exact) mass is 372 g/mol. The van der Waals surface area contributed by atoms with Crippen LogP contribution in [0.2, 0.25) is 0 Å². The number of ether oxygens (including phenoxy) is 2. The molecule has 2 aromatic carbocycles. The quantitative estimate of drug-likeness (QED) is 0.602. The summed E-state index contributed by atoms with van der Waals surface area (Å²) in [5.41, 5.74) is 0.383. The molecule has 0 unspecified atom stereocenters. The zero-order chi connectivity index (χ0) is 18.5. The average molecular weight is 372 g/mol. The van der Waals surface area contributed by atoms with Crippen molar-refractivity contribution in [2.24, 2.45) is 0 Å². The van der Waals surface area contributed by atoms with E-state index in [1.165, 1.54) is 22.5 Å². The summed E-state index contributed by atoms with van der Waals surface area (Å²) in [6.07, 6.45) is 0. The molecule has 3 rings (SSSR count). The van der Waals surface area contributed by atoms with Crippen molar-refractivity contribution in [3.63, 3.8) is 0 Å². The molecule has 1 aromatic heterocycles. The number of para-hydroxylation sites is 1. The summed E-state index contributed by atoms with van der Waals surface area (Å²) in [7, 11) is 1.59. The Kier molecular flexibility index (Phi) is 5.58. The standard InChI is InChI=1S/C19H17FN2O3S/c1-3-25-19(23)16-12-18(26-14-8-6-7-13(11-14)24-2)22(21-16)17-10-5-4-9-15(17)20/h4-12H,3H2,1-2H3. The van der Waals surface area contributed by atoms with Crippen molar-refractivity contribution in [3.8, 4) is 11.4 Å². The Morgan fingerprint density at radius 1 is 1.19 bits per heavy atom. The third-order valence-corrected chi connectivity index (χ3v) is 4.50. The molecule has 134 valence electrons. The highest BCUT2D eigenvalue weighted by molar-refractivity contribution is 7.99. The van der Waals surface area contributed by atoms with Crippen molar-refractivity contribution in [3.05, 3.63) is 66.1 Å². The van der Waals surface area contributed by atoms with Crippen LogP contribution in [0.5, 0.6) is 5.75 Å². The van der Waals surface area contributed by atoms with Crippen LogP contribution in [0, 0.1) is 5.82 Å². The molecule has 0 aliphatic rings. The van der Waals surface area contributed by atoms with Gasteiger partial charge >= 0.3 is 5.97 Å². The van der Waals surface area contributed by atoms with Crippen LogP contribution in [-0.2, 0) is 4.74 Å².